The van der Waals surface area contributed by atoms with Gasteiger partial charge in [0.1, 0.15) is 0 Å². The zero-order chi connectivity index (χ0) is 20.7. The average molecular weight is 388 g/mol. The number of nitrogens with zero attached hydrogens (tertiary/aromatic N) is 2. The summed E-state index contributed by atoms with van der Waals surface area (Å²) in [5, 5.41) is 2.83. The zero-order valence-corrected chi connectivity index (χ0v) is 17.6. The average Bonchev–Trinajstić information content (AvgIpc) is 2.66. The molecule has 1 aliphatic heterocycles. The van der Waals surface area contributed by atoms with E-state index in [1.54, 1.807) is 16.7 Å². The molecule has 6 heteroatoms. The molecule has 3 amide bonds. The molecule has 0 unspecified atom stereocenters. The number of hydrogen-bond donors (Lipinski definition) is 1. The minimum atomic E-state index is -0.0332. The van der Waals surface area contributed by atoms with Crippen LogP contribution in [0.25, 0.3) is 0 Å². The second-order valence-electron chi connectivity index (χ2n) is 8.43. The third-order valence-electron chi connectivity index (χ3n) is 5.20. The molecule has 1 saturated heterocycles. The van der Waals surface area contributed by atoms with E-state index in [4.69, 9.17) is 0 Å². The molecule has 1 fully saturated rings. The third-order valence-corrected chi connectivity index (χ3v) is 5.20. The standard InChI is InChI=1S/C22H33N3O3/c1-17(26)24-13-15-25(16-14-24)21(28)11-12-23-20(27)10-7-18-5-8-19(9-6-18)22(2,3)4/h5-6,8-9H,7,10-16H2,1-4H3,(H,23,27). The summed E-state index contributed by atoms with van der Waals surface area (Å²) in [5.74, 6) is 0.0442. The molecule has 1 N–H and O–H groups in total. The summed E-state index contributed by atoms with van der Waals surface area (Å²) in [6, 6.07) is 8.41. The number of nitrogens with one attached hydrogen (secondary N) is 1. The second-order valence-corrected chi connectivity index (χ2v) is 8.43. The van der Waals surface area contributed by atoms with Gasteiger partial charge in [0.2, 0.25) is 17.7 Å². The van der Waals surface area contributed by atoms with E-state index in [1.165, 1.54) is 5.56 Å². The minimum absolute atomic E-state index is 0.0290. The Bertz CT molecular complexity index is 684. The number of carbonyl (C=O) groups is 3. The van der Waals surface area contributed by atoms with Crippen molar-refractivity contribution in [2.75, 3.05) is 32.7 Å². The Balaban J connectivity index is 1.65. The topological polar surface area (TPSA) is 69.7 Å². The largest absolute Gasteiger partial charge is 0.356 e. The van der Waals surface area contributed by atoms with Gasteiger partial charge in [0.05, 0.1) is 0 Å². The molecule has 0 atom stereocenters. The van der Waals surface area contributed by atoms with Crippen LogP contribution in [0.3, 0.4) is 0 Å². The second kappa shape index (κ2) is 9.71. The van der Waals surface area contributed by atoms with Crippen LogP contribution in [-0.2, 0) is 26.2 Å². The van der Waals surface area contributed by atoms with Crippen LogP contribution < -0.4 is 5.32 Å². The number of rotatable bonds is 6. The van der Waals surface area contributed by atoms with Gasteiger partial charge in [-0.1, -0.05) is 45.0 Å². The van der Waals surface area contributed by atoms with Gasteiger partial charge in [-0.05, 0) is 23.0 Å². The summed E-state index contributed by atoms with van der Waals surface area (Å²) in [7, 11) is 0. The van der Waals surface area contributed by atoms with E-state index < -0.39 is 0 Å². The van der Waals surface area contributed by atoms with Crippen LogP contribution in [0.4, 0.5) is 0 Å². The van der Waals surface area contributed by atoms with Crippen LogP contribution in [0.15, 0.2) is 24.3 Å². The Morgan fingerprint density at radius 1 is 0.929 bits per heavy atom. The van der Waals surface area contributed by atoms with E-state index in [0.717, 1.165) is 5.56 Å². The predicted molar refractivity (Wildman–Crippen MR) is 110 cm³/mol. The van der Waals surface area contributed by atoms with Crippen molar-refractivity contribution < 1.29 is 14.4 Å². The smallest absolute Gasteiger partial charge is 0.224 e. The molecule has 0 spiro atoms. The van der Waals surface area contributed by atoms with Crippen molar-refractivity contribution in [2.45, 2.75) is 52.4 Å². The van der Waals surface area contributed by atoms with E-state index >= 15 is 0 Å². The fourth-order valence-electron chi connectivity index (χ4n) is 3.26. The molecule has 0 aliphatic carbocycles. The highest BCUT2D eigenvalue weighted by molar-refractivity contribution is 5.79. The zero-order valence-electron chi connectivity index (χ0n) is 17.6. The van der Waals surface area contributed by atoms with Crippen LogP contribution in [0, 0.1) is 0 Å². The molecule has 6 nitrogen and oxygen atoms in total. The highest BCUT2D eigenvalue weighted by Crippen LogP contribution is 2.22. The lowest BCUT2D eigenvalue weighted by Gasteiger charge is -2.34. The quantitative estimate of drug-likeness (QED) is 0.813. The Morgan fingerprint density at radius 3 is 2.04 bits per heavy atom. The van der Waals surface area contributed by atoms with Crippen molar-refractivity contribution in [2.24, 2.45) is 0 Å². The normalized spacial score (nSPS) is 14.7. The number of aryl methyl sites for hydroxylation is 1. The van der Waals surface area contributed by atoms with Gasteiger partial charge in [-0.15, -0.1) is 0 Å². The Labute approximate surface area is 168 Å². The maximum atomic E-state index is 12.2. The van der Waals surface area contributed by atoms with Crippen LogP contribution in [0.2, 0.25) is 0 Å². The van der Waals surface area contributed by atoms with Gasteiger partial charge in [-0.3, -0.25) is 14.4 Å². The van der Waals surface area contributed by atoms with E-state index in [1.807, 2.05) is 0 Å². The van der Waals surface area contributed by atoms with E-state index in [9.17, 15) is 14.4 Å². The van der Waals surface area contributed by atoms with Crippen molar-refractivity contribution in [3.8, 4) is 0 Å². The summed E-state index contributed by atoms with van der Waals surface area (Å²) < 4.78 is 0. The van der Waals surface area contributed by atoms with Gasteiger partial charge in [0, 0.05) is 52.5 Å². The summed E-state index contributed by atoms with van der Waals surface area (Å²) in [5.41, 5.74) is 2.55. The molecule has 0 saturated carbocycles. The van der Waals surface area contributed by atoms with Gasteiger partial charge >= 0.3 is 0 Å². The van der Waals surface area contributed by atoms with Crippen molar-refractivity contribution in [1.29, 1.82) is 0 Å². The van der Waals surface area contributed by atoms with Crippen molar-refractivity contribution in [1.82, 2.24) is 15.1 Å². The molecule has 1 heterocycles. The Kier molecular flexibility index (Phi) is 7.61. The van der Waals surface area contributed by atoms with Gasteiger partial charge in [0.15, 0.2) is 0 Å². The van der Waals surface area contributed by atoms with Crippen LogP contribution in [0.1, 0.15) is 51.7 Å². The van der Waals surface area contributed by atoms with E-state index in [0.29, 0.717) is 52.0 Å². The molecule has 1 aromatic carbocycles. The van der Waals surface area contributed by atoms with E-state index in [-0.39, 0.29) is 23.1 Å². The molecular formula is C22H33N3O3. The molecule has 1 aromatic rings. The first kappa shape index (κ1) is 21.9. The Morgan fingerprint density at radius 2 is 1.50 bits per heavy atom. The van der Waals surface area contributed by atoms with Gasteiger partial charge in [0.25, 0.3) is 0 Å². The van der Waals surface area contributed by atoms with Crippen LogP contribution in [-0.4, -0.2) is 60.2 Å². The minimum Gasteiger partial charge on any atom is -0.356 e. The first-order valence-electron chi connectivity index (χ1n) is 10.1. The summed E-state index contributed by atoms with van der Waals surface area (Å²) in [6.07, 6.45) is 1.41. The predicted octanol–water partition coefficient (Wildman–Crippen LogP) is 2.11. The maximum Gasteiger partial charge on any atom is 0.224 e. The fourth-order valence-corrected chi connectivity index (χ4v) is 3.26. The van der Waals surface area contributed by atoms with Gasteiger partial charge in [-0.2, -0.15) is 0 Å². The number of piperazine rings is 1. The van der Waals surface area contributed by atoms with Crippen molar-refractivity contribution in [3.05, 3.63) is 35.4 Å². The number of benzene rings is 1. The lowest BCUT2D eigenvalue weighted by atomic mass is 9.86. The lowest BCUT2D eigenvalue weighted by molar-refractivity contribution is -0.138. The molecular weight excluding hydrogens is 354 g/mol. The molecule has 154 valence electrons. The molecule has 2 rings (SSSR count). The van der Waals surface area contributed by atoms with Crippen LogP contribution >= 0.6 is 0 Å². The first-order valence-corrected chi connectivity index (χ1v) is 10.1. The highest BCUT2D eigenvalue weighted by Gasteiger charge is 2.22. The van der Waals surface area contributed by atoms with Crippen molar-refractivity contribution in [3.63, 3.8) is 0 Å². The number of amides is 3. The number of carbonyl (C=O) groups excluding carboxylic acids is 3. The summed E-state index contributed by atoms with van der Waals surface area (Å²) in [6.45, 7) is 10.7. The summed E-state index contributed by atoms with van der Waals surface area (Å²) in [4.78, 5) is 39.1. The summed E-state index contributed by atoms with van der Waals surface area (Å²) >= 11 is 0. The molecule has 0 aromatic heterocycles. The van der Waals surface area contributed by atoms with Crippen molar-refractivity contribution >= 4 is 17.7 Å². The monoisotopic (exact) mass is 387 g/mol. The fraction of sp³-hybridized carbons (Fsp3) is 0.591. The molecule has 0 bridgehead atoms. The van der Waals surface area contributed by atoms with E-state index in [2.05, 4.69) is 50.4 Å². The third kappa shape index (κ3) is 6.66. The Hall–Kier alpha value is -2.37. The molecule has 1 aliphatic rings. The van der Waals surface area contributed by atoms with Gasteiger partial charge < -0.3 is 15.1 Å². The lowest BCUT2D eigenvalue weighted by Crippen LogP contribution is -2.50. The first-order chi connectivity index (χ1) is 13.2. The SMILES string of the molecule is CC(=O)N1CCN(C(=O)CCNC(=O)CCc2ccc(C(C)(C)C)cc2)CC1. The maximum absolute atomic E-state index is 12.2. The van der Waals surface area contributed by atoms with Gasteiger partial charge in [-0.25, -0.2) is 0 Å². The van der Waals surface area contributed by atoms with Crippen LogP contribution in [0.5, 0.6) is 0 Å². The molecule has 28 heavy (non-hydrogen) atoms. The highest BCUT2D eigenvalue weighted by atomic mass is 16.2. The molecule has 0 radical (unpaired) electrons. The number of hydrogen-bond acceptors (Lipinski definition) is 3.